The molecule has 0 saturated heterocycles. The molecular weight excluding hydrogens is 230 g/mol. The summed E-state index contributed by atoms with van der Waals surface area (Å²) >= 11 is 0. The van der Waals surface area contributed by atoms with Crippen molar-refractivity contribution in [3.63, 3.8) is 0 Å². The van der Waals surface area contributed by atoms with E-state index in [1.54, 1.807) is 13.4 Å². The summed E-state index contributed by atoms with van der Waals surface area (Å²) in [6, 6.07) is 7.49. The minimum absolute atomic E-state index is 0.0658. The van der Waals surface area contributed by atoms with Crippen LogP contribution in [-0.2, 0) is 11.8 Å². The van der Waals surface area contributed by atoms with Gasteiger partial charge in [-0.3, -0.25) is 4.79 Å². The van der Waals surface area contributed by atoms with Crippen LogP contribution in [0, 0.1) is 0 Å². The first-order valence-electron chi connectivity index (χ1n) is 5.59. The molecule has 1 aromatic heterocycles. The minimum Gasteiger partial charge on any atom is -0.325 e. The summed E-state index contributed by atoms with van der Waals surface area (Å²) in [5, 5.41) is 13.4. The molecule has 0 radical (unpaired) electrons. The number of benzene rings is 1. The molecule has 2 rings (SSSR count). The normalized spacial score (nSPS) is 10.3. The smallest absolute Gasteiger partial charge is 0.238 e. The van der Waals surface area contributed by atoms with Crippen LogP contribution in [0.5, 0.6) is 0 Å². The third-order valence-corrected chi connectivity index (χ3v) is 2.48. The molecule has 6 heteroatoms. The third-order valence-electron chi connectivity index (χ3n) is 2.48. The average Bonchev–Trinajstić information content (AvgIpc) is 2.77. The van der Waals surface area contributed by atoms with E-state index in [1.165, 1.54) is 0 Å². The maximum absolute atomic E-state index is 11.4. The molecule has 0 aliphatic rings. The van der Waals surface area contributed by atoms with Gasteiger partial charge in [0.15, 0.2) is 5.82 Å². The van der Waals surface area contributed by atoms with Crippen LogP contribution >= 0.6 is 0 Å². The molecule has 0 aliphatic carbocycles. The number of aryl methyl sites for hydroxylation is 1. The zero-order valence-electron chi connectivity index (χ0n) is 10.3. The standard InChI is InChI=1S/C12H15N5O/c1-13-7-11(18)15-10-5-3-9(4-6-10)12-16-14-8-17(12)2/h3-6,8,13H,7H2,1-2H3,(H,15,18). The number of hydrogen-bond acceptors (Lipinski definition) is 4. The number of amides is 1. The van der Waals surface area contributed by atoms with Gasteiger partial charge < -0.3 is 15.2 Å². The van der Waals surface area contributed by atoms with Gasteiger partial charge in [0.1, 0.15) is 6.33 Å². The minimum atomic E-state index is -0.0658. The Morgan fingerprint density at radius 1 is 1.33 bits per heavy atom. The van der Waals surface area contributed by atoms with Crippen molar-refractivity contribution < 1.29 is 4.79 Å². The van der Waals surface area contributed by atoms with Crippen molar-refractivity contribution in [2.45, 2.75) is 0 Å². The van der Waals surface area contributed by atoms with Gasteiger partial charge in [0.05, 0.1) is 6.54 Å². The van der Waals surface area contributed by atoms with Crippen molar-refractivity contribution in [2.75, 3.05) is 18.9 Å². The molecule has 18 heavy (non-hydrogen) atoms. The summed E-state index contributed by atoms with van der Waals surface area (Å²) in [6.45, 7) is 0.297. The summed E-state index contributed by atoms with van der Waals surface area (Å²) < 4.78 is 1.84. The van der Waals surface area contributed by atoms with Crippen molar-refractivity contribution in [3.8, 4) is 11.4 Å². The van der Waals surface area contributed by atoms with E-state index in [9.17, 15) is 4.79 Å². The first-order chi connectivity index (χ1) is 8.70. The van der Waals surface area contributed by atoms with Crippen LogP contribution in [0.2, 0.25) is 0 Å². The van der Waals surface area contributed by atoms with E-state index >= 15 is 0 Å². The fourth-order valence-corrected chi connectivity index (χ4v) is 1.61. The van der Waals surface area contributed by atoms with Gasteiger partial charge in [-0.05, 0) is 31.3 Å². The summed E-state index contributed by atoms with van der Waals surface area (Å²) in [5.41, 5.74) is 1.72. The van der Waals surface area contributed by atoms with Gasteiger partial charge in [-0.1, -0.05) is 0 Å². The molecule has 1 amide bonds. The number of anilines is 1. The molecule has 0 saturated carbocycles. The maximum Gasteiger partial charge on any atom is 0.238 e. The predicted molar refractivity (Wildman–Crippen MR) is 69.0 cm³/mol. The highest BCUT2D eigenvalue weighted by Crippen LogP contribution is 2.18. The van der Waals surface area contributed by atoms with Crippen LogP contribution < -0.4 is 10.6 Å². The van der Waals surface area contributed by atoms with Crippen LogP contribution in [0.25, 0.3) is 11.4 Å². The largest absolute Gasteiger partial charge is 0.325 e. The Morgan fingerprint density at radius 2 is 2.06 bits per heavy atom. The van der Waals surface area contributed by atoms with Crippen molar-refractivity contribution in [1.29, 1.82) is 0 Å². The van der Waals surface area contributed by atoms with Crippen molar-refractivity contribution >= 4 is 11.6 Å². The Balaban J connectivity index is 2.11. The highest BCUT2D eigenvalue weighted by atomic mass is 16.1. The summed E-state index contributed by atoms with van der Waals surface area (Å²) in [6.07, 6.45) is 1.65. The van der Waals surface area contributed by atoms with Crippen LogP contribution in [0.3, 0.4) is 0 Å². The molecule has 0 aliphatic heterocycles. The Labute approximate surface area is 105 Å². The molecule has 0 unspecified atom stereocenters. The second-order valence-corrected chi connectivity index (χ2v) is 3.92. The molecule has 0 atom stereocenters. The summed E-state index contributed by atoms with van der Waals surface area (Å²) in [7, 11) is 3.62. The Hall–Kier alpha value is -2.21. The SMILES string of the molecule is CNCC(=O)Nc1ccc(-c2nncn2C)cc1. The molecule has 1 heterocycles. The molecule has 2 aromatic rings. The number of aromatic nitrogens is 3. The van der Waals surface area contributed by atoms with E-state index in [0.29, 0.717) is 6.54 Å². The van der Waals surface area contributed by atoms with E-state index in [4.69, 9.17) is 0 Å². The van der Waals surface area contributed by atoms with Gasteiger partial charge in [-0.25, -0.2) is 0 Å². The van der Waals surface area contributed by atoms with Gasteiger partial charge >= 0.3 is 0 Å². The highest BCUT2D eigenvalue weighted by molar-refractivity contribution is 5.92. The summed E-state index contributed by atoms with van der Waals surface area (Å²) in [5.74, 6) is 0.729. The third kappa shape index (κ3) is 2.72. The average molecular weight is 245 g/mol. The molecule has 2 N–H and O–H groups in total. The second-order valence-electron chi connectivity index (χ2n) is 3.92. The number of hydrogen-bond donors (Lipinski definition) is 2. The Morgan fingerprint density at radius 3 is 2.61 bits per heavy atom. The van der Waals surface area contributed by atoms with E-state index in [-0.39, 0.29) is 5.91 Å². The molecule has 0 spiro atoms. The van der Waals surface area contributed by atoms with Crippen molar-refractivity contribution in [3.05, 3.63) is 30.6 Å². The van der Waals surface area contributed by atoms with Crippen LogP contribution in [0.4, 0.5) is 5.69 Å². The van der Waals surface area contributed by atoms with E-state index in [2.05, 4.69) is 20.8 Å². The lowest BCUT2D eigenvalue weighted by molar-refractivity contribution is -0.115. The van der Waals surface area contributed by atoms with Gasteiger partial charge in [-0.15, -0.1) is 10.2 Å². The van der Waals surface area contributed by atoms with Gasteiger partial charge in [0.25, 0.3) is 0 Å². The Bertz CT molecular complexity index is 532. The topological polar surface area (TPSA) is 71.8 Å². The molecule has 0 bridgehead atoms. The monoisotopic (exact) mass is 245 g/mol. The van der Waals surface area contributed by atoms with E-state index in [0.717, 1.165) is 17.1 Å². The Kier molecular flexibility index (Phi) is 3.69. The quantitative estimate of drug-likeness (QED) is 0.829. The number of carbonyl (C=O) groups is 1. The first-order valence-corrected chi connectivity index (χ1v) is 5.59. The molecule has 94 valence electrons. The lowest BCUT2D eigenvalue weighted by atomic mass is 10.2. The maximum atomic E-state index is 11.4. The number of likely N-dealkylation sites (N-methyl/N-ethyl adjacent to an activating group) is 1. The molecule has 6 nitrogen and oxygen atoms in total. The molecule has 1 aromatic carbocycles. The number of rotatable bonds is 4. The molecule has 0 fully saturated rings. The number of carbonyl (C=O) groups excluding carboxylic acids is 1. The lowest BCUT2D eigenvalue weighted by Crippen LogP contribution is -2.24. The number of nitrogens with zero attached hydrogens (tertiary/aromatic N) is 3. The van der Waals surface area contributed by atoms with Crippen LogP contribution in [-0.4, -0.2) is 34.3 Å². The second kappa shape index (κ2) is 5.42. The zero-order valence-corrected chi connectivity index (χ0v) is 10.3. The predicted octanol–water partition coefficient (Wildman–Crippen LogP) is 0.640. The van der Waals surface area contributed by atoms with Crippen molar-refractivity contribution in [1.82, 2.24) is 20.1 Å². The van der Waals surface area contributed by atoms with E-state index in [1.807, 2.05) is 35.9 Å². The van der Waals surface area contributed by atoms with Gasteiger partial charge in [-0.2, -0.15) is 0 Å². The van der Waals surface area contributed by atoms with Crippen LogP contribution in [0.1, 0.15) is 0 Å². The lowest BCUT2D eigenvalue weighted by Gasteiger charge is -2.06. The highest BCUT2D eigenvalue weighted by Gasteiger charge is 2.05. The van der Waals surface area contributed by atoms with Gasteiger partial charge in [0.2, 0.25) is 5.91 Å². The van der Waals surface area contributed by atoms with Gasteiger partial charge in [0, 0.05) is 18.3 Å². The van der Waals surface area contributed by atoms with Crippen LogP contribution in [0.15, 0.2) is 30.6 Å². The summed E-state index contributed by atoms with van der Waals surface area (Å²) in [4.78, 5) is 11.4. The fourth-order valence-electron chi connectivity index (χ4n) is 1.61. The fraction of sp³-hybridized carbons (Fsp3) is 0.250. The van der Waals surface area contributed by atoms with E-state index < -0.39 is 0 Å². The first kappa shape index (κ1) is 12.3. The number of nitrogens with one attached hydrogen (secondary N) is 2. The van der Waals surface area contributed by atoms with Crippen molar-refractivity contribution in [2.24, 2.45) is 7.05 Å². The molecular formula is C12H15N5O. The zero-order chi connectivity index (χ0) is 13.0.